The van der Waals surface area contributed by atoms with Crippen LogP contribution in [0.25, 0.3) is 0 Å². The fourth-order valence-electron chi connectivity index (χ4n) is 3.33. The Morgan fingerprint density at radius 2 is 1.85 bits per heavy atom. The number of para-hydroxylation sites is 1. The van der Waals surface area contributed by atoms with Crippen molar-refractivity contribution >= 4 is 33.0 Å². The number of nitrogens with one attached hydrogen (secondary N) is 1. The van der Waals surface area contributed by atoms with Crippen LogP contribution in [0.4, 0.5) is 11.4 Å². The van der Waals surface area contributed by atoms with Gasteiger partial charge in [-0.15, -0.1) is 11.6 Å². The van der Waals surface area contributed by atoms with Gasteiger partial charge in [0.1, 0.15) is 5.21 Å². The first-order valence-corrected chi connectivity index (χ1v) is 10.7. The summed E-state index contributed by atoms with van der Waals surface area (Å²) in [4.78, 5) is 4.32. The van der Waals surface area contributed by atoms with E-state index in [1.807, 2.05) is 31.1 Å². The Morgan fingerprint density at radius 3 is 2.50 bits per heavy atom. The second kappa shape index (κ2) is 7.86. The molecule has 0 unspecified atom stereocenters. The number of anilines is 2. The molecule has 140 valence electrons. The molecule has 0 amide bonds. The maximum atomic E-state index is 11.9. The molecule has 1 N–H and O–H groups in total. The van der Waals surface area contributed by atoms with Gasteiger partial charge in [-0.25, -0.2) is 13.1 Å². The highest BCUT2D eigenvalue weighted by molar-refractivity contribution is 7.90. The van der Waals surface area contributed by atoms with Gasteiger partial charge in [-0.1, -0.05) is 30.3 Å². The van der Waals surface area contributed by atoms with Crippen molar-refractivity contribution in [1.82, 2.24) is 4.72 Å². The lowest BCUT2D eigenvalue weighted by Crippen LogP contribution is -2.37. The van der Waals surface area contributed by atoms with E-state index in [1.54, 1.807) is 0 Å². The maximum absolute atomic E-state index is 11.9. The van der Waals surface area contributed by atoms with Gasteiger partial charge < -0.3 is 9.80 Å². The number of hydrogen-bond acceptors (Lipinski definition) is 4. The Balaban J connectivity index is 1.92. The van der Waals surface area contributed by atoms with Crippen molar-refractivity contribution in [3.05, 3.63) is 59.7 Å². The molecule has 0 aliphatic carbocycles. The van der Waals surface area contributed by atoms with Crippen LogP contribution in [-0.2, 0) is 16.4 Å². The molecule has 0 aromatic heterocycles. The minimum Gasteiger partial charge on any atom is -0.378 e. The van der Waals surface area contributed by atoms with Gasteiger partial charge in [0.2, 0.25) is 10.0 Å². The summed E-state index contributed by atoms with van der Waals surface area (Å²) in [6.45, 7) is 1.15. The Morgan fingerprint density at radius 1 is 1.15 bits per heavy atom. The molecule has 5 nitrogen and oxygen atoms in total. The number of alkyl halides is 1. The van der Waals surface area contributed by atoms with Gasteiger partial charge in [0.05, 0.1) is 6.04 Å². The summed E-state index contributed by atoms with van der Waals surface area (Å²) in [6, 6.07) is 16.4. The zero-order chi connectivity index (χ0) is 18.7. The average molecular weight is 394 g/mol. The van der Waals surface area contributed by atoms with E-state index in [2.05, 4.69) is 46.0 Å². The zero-order valence-electron chi connectivity index (χ0n) is 15.0. The number of halogens is 1. The van der Waals surface area contributed by atoms with Crippen LogP contribution in [0.15, 0.2) is 48.5 Å². The lowest BCUT2D eigenvalue weighted by Gasteiger charge is -2.31. The Bertz CT molecular complexity index is 853. The Labute approximate surface area is 160 Å². The van der Waals surface area contributed by atoms with E-state index in [0.717, 1.165) is 24.2 Å². The van der Waals surface area contributed by atoms with Crippen LogP contribution in [0.1, 0.15) is 17.2 Å². The van der Waals surface area contributed by atoms with Gasteiger partial charge in [-0.2, -0.15) is 0 Å². The minimum atomic E-state index is -3.47. The summed E-state index contributed by atoms with van der Waals surface area (Å²) < 4.78 is 26.4. The smallest absolute Gasteiger partial charge is 0.225 e. The third kappa shape index (κ3) is 4.14. The first-order chi connectivity index (χ1) is 12.4. The molecule has 1 aliphatic rings. The van der Waals surface area contributed by atoms with Crippen molar-refractivity contribution in [3.8, 4) is 0 Å². The normalized spacial score (nSPS) is 15.0. The highest BCUT2D eigenvalue weighted by Crippen LogP contribution is 2.35. The number of sulfonamides is 1. The molecular formula is C19H24ClN3O2S. The van der Waals surface area contributed by atoms with E-state index < -0.39 is 15.2 Å². The maximum Gasteiger partial charge on any atom is 0.225 e. The van der Waals surface area contributed by atoms with E-state index >= 15 is 0 Å². The highest BCUT2D eigenvalue weighted by Gasteiger charge is 2.28. The molecule has 3 rings (SSSR count). The third-order valence-electron chi connectivity index (χ3n) is 4.73. The van der Waals surface area contributed by atoms with E-state index in [4.69, 9.17) is 11.6 Å². The summed E-state index contributed by atoms with van der Waals surface area (Å²) in [5.41, 5.74) is 4.64. The first kappa shape index (κ1) is 19.0. The molecule has 0 saturated carbocycles. The van der Waals surface area contributed by atoms with Crippen LogP contribution in [0.5, 0.6) is 0 Å². The molecular weight excluding hydrogens is 370 g/mol. The van der Waals surface area contributed by atoms with Crippen LogP contribution >= 0.6 is 11.6 Å². The van der Waals surface area contributed by atoms with Gasteiger partial charge in [0.15, 0.2) is 0 Å². The van der Waals surface area contributed by atoms with Crippen molar-refractivity contribution in [2.24, 2.45) is 0 Å². The number of hydrogen-bond donors (Lipinski definition) is 1. The van der Waals surface area contributed by atoms with Crippen molar-refractivity contribution < 1.29 is 8.42 Å². The standard InChI is InChI=1S/C19H24ClN3O2S/c1-22(2)17-9-7-16(8-10-17)19(13-21-26(24,25)14-20)23-12-11-15-5-3-4-6-18(15)23/h3-10,19,21H,11-14H2,1-2H3/t19-/m1/s1. The molecule has 0 saturated heterocycles. The molecule has 1 aliphatic heterocycles. The third-order valence-corrected chi connectivity index (χ3v) is 6.49. The Kier molecular flexibility index (Phi) is 5.75. The van der Waals surface area contributed by atoms with Gasteiger partial charge in [-0.05, 0) is 35.7 Å². The molecule has 7 heteroatoms. The van der Waals surface area contributed by atoms with E-state index in [9.17, 15) is 8.42 Å². The fourth-order valence-corrected chi connectivity index (χ4v) is 4.05. The van der Waals surface area contributed by atoms with Crippen LogP contribution in [0.3, 0.4) is 0 Å². The molecule has 1 heterocycles. The second-order valence-electron chi connectivity index (χ2n) is 6.65. The van der Waals surface area contributed by atoms with Gasteiger partial charge >= 0.3 is 0 Å². The van der Waals surface area contributed by atoms with Crippen LogP contribution in [0, 0.1) is 0 Å². The summed E-state index contributed by atoms with van der Waals surface area (Å²) >= 11 is 5.55. The van der Waals surface area contributed by atoms with Crippen molar-refractivity contribution in [2.75, 3.05) is 42.2 Å². The molecule has 0 fully saturated rings. The molecule has 26 heavy (non-hydrogen) atoms. The van der Waals surface area contributed by atoms with Gasteiger partial charge in [-0.3, -0.25) is 0 Å². The lowest BCUT2D eigenvalue weighted by molar-refractivity contribution is 0.567. The minimum absolute atomic E-state index is 0.0900. The van der Waals surface area contributed by atoms with Crippen LogP contribution in [-0.4, -0.2) is 40.8 Å². The van der Waals surface area contributed by atoms with E-state index in [0.29, 0.717) is 0 Å². The number of benzene rings is 2. The van der Waals surface area contributed by atoms with Crippen LogP contribution in [0.2, 0.25) is 0 Å². The van der Waals surface area contributed by atoms with Crippen molar-refractivity contribution in [2.45, 2.75) is 12.5 Å². The van der Waals surface area contributed by atoms with Gasteiger partial charge in [0.25, 0.3) is 0 Å². The second-order valence-corrected chi connectivity index (χ2v) is 9.04. The molecule has 2 aromatic carbocycles. The molecule has 1 atom stereocenters. The van der Waals surface area contributed by atoms with Crippen molar-refractivity contribution in [3.63, 3.8) is 0 Å². The average Bonchev–Trinajstić information content (AvgIpc) is 3.06. The summed E-state index contributed by atoms with van der Waals surface area (Å²) in [6.07, 6.45) is 0.963. The number of nitrogens with zero attached hydrogens (tertiary/aromatic N) is 2. The van der Waals surface area contributed by atoms with Crippen molar-refractivity contribution in [1.29, 1.82) is 0 Å². The summed E-state index contributed by atoms with van der Waals surface area (Å²) in [7, 11) is 0.525. The predicted molar refractivity (Wildman–Crippen MR) is 109 cm³/mol. The molecule has 0 spiro atoms. The zero-order valence-corrected chi connectivity index (χ0v) is 16.6. The largest absolute Gasteiger partial charge is 0.378 e. The molecule has 0 radical (unpaired) electrons. The fraction of sp³-hybridized carbons (Fsp3) is 0.368. The topological polar surface area (TPSA) is 52.7 Å². The summed E-state index contributed by atoms with van der Waals surface area (Å²) in [5.74, 6) is 0. The van der Waals surface area contributed by atoms with E-state index in [1.165, 1.54) is 11.3 Å². The highest BCUT2D eigenvalue weighted by atomic mass is 35.5. The molecule has 2 aromatic rings. The predicted octanol–water partition coefficient (Wildman–Crippen LogP) is 2.97. The summed E-state index contributed by atoms with van der Waals surface area (Å²) in [5, 5.41) is -0.435. The van der Waals surface area contributed by atoms with E-state index in [-0.39, 0.29) is 12.6 Å². The number of rotatable bonds is 7. The van der Waals surface area contributed by atoms with Gasteiger partial charge in [0, 0.05) is 38.6 Å². The van der Waals surface area contributed by atoms with Crippen LogP contribution < -0.4 is 14.5 Å². The lowest BCUT2D eigenvalue weighted by atomic mass is 10.0. The Hall–Kier alpha value is -1.76. The monoisotopic (exact) mass is 393 g/mol. The number of fused-ring (bicyclic) bond motifs is 1. The quantitative estimate of drug-likeness (QED) is 0.735. The SMILES string of the molecule is CN(C)c1ccc([C@@H](CNS(=O)(=O)CCl)N2CCc3ccccc32)cc1. The molecule has 0 bridgehead atoms. The first-order valence-electron chi connectivity index (χ1n) is 8.56.